The first kappa shape index (κ1) is 40.5. The Balaban J connectivity index is 1.09. The number of rotatable bonds is 6. The summed E-state index contributed by atoms with van der Waals surface area (Å²) < 4.78 is 25.9. The van der Waals surface area contributed by atoms with Crippen LogP contribution in [-0.2, 0) is 36.9 Å². The van der Waals surface area contributed by atoms with E-state index in [9.17, 15) is 28.4 Å². The van der Waals surface area contributed by atoms with Gasteiger partial charge in [-0.15, -0.1) is 0 Å². The van der Waals surface area contributed by atoms with Crippen LogP contribution in [0.4, 0.5) is 14.0 Å². The molecule has 4 aliphatic rings. The Morgan fingerprint density at radius 2 is 1.57 bits per heavy atom. The van der Waals surface area contributed by atoms with Crippen LogP contribution in [0.5, 0.6) is 5.75 Å². The number of hydrogen-bond donors (Lipinski definition) is 3. The van der Waals surface area contributed by atoms with Gasteiger partial charge in [-0.05, 0) is 80.8 Å². The Morgan fingerprint density at radius 3 is 2.29 bits per heavy atom. The van der Waals surface area contributed by atoms with Crippen molar-refractivity contribution in [3.8, 4) is 16.9 Å². The molecule has 5 amide bonds. The molecule has 308 valence electrons. The molecule has 2 saturated heterocycles. The van der Waals surface area contributed by atoms with E-state index in [1.165, 1.54) is 15.9 Å². The van der Waals surface area contributed by atoms with E-state index in [1.54, 1.807) is 45.0 Å². The van der Waals surface area contributed by atoms with Crippen LogP contribution in [0.25, 0.3) is 11.1 Å². The minimum atomic E-state index is -1.29. The van der Waals surface area contributed by atoms with E-state index in [-0.39, 0.29) is 32.0 Å². The number of hydroxylamine groups is 1. The third-order valence-corrected chi connectivity index (χ3v) is 11.4. The highest BCUT2D eigenvalue weighted by Gasteiger charge is 2.62. The van der Waals surface area contributed by atoms with E-state index in [0.717, 1.165) is 36.8 Å². The van der Waals surface area contributed by atoms with E-state index in [4.69, 9.17) is 14.3 Å². The Hall–Kier alpha value is -5.66. The molecule has 3 aliphatic heterocycles. The maximum absolute atomic E-state index is 14.5. The van der Waals surface area contributed by atoms with Gasteiger partial charge in [0.2, 0.25) is 11.8 Å². The third kappa shape index (κ3) is 9.37. The maximum atomic E-state index is 14.5. The Morgan fingerprint density at radius 1 is 0.862 bits per heavy atom. The molecule has 1 aliphatic carbocycles. The fraction of sp³-hybridized carbons (Fsp3) is 0.477. The molecular formula is C44H52FN5O8. The van der Waals surface area contributed by atoms with Crippen LogP contribution in [0.15, 0.2) is 72.8 Å². The van der Waals surface area contributed by atoms with Gasteiger partial charge in [0.1, 0.15) is 35.1 Å². The zero-order valence-electron chi connectivity index (χ0n) is 33.3. The number of benzene rings is 3. The summed E-state index contributed by atoms with van der Waals surface area (Å²) in [6.45, 7) is 5.23. The van der Waals surface area contributed by atoms with Gasteiger partial charge in [0.25, 0.3) is 5.91 Å². The highest BCUT2D eigenvalue weighted by molar-refractivity contribution is 5.98. The minimum absolute atomic E-state index is 0.0280. The molecule has 3 heterocycles. The van der Waals surface area contributed by atoms with E-state index >= 15 is 0 Å². The average Bonchev–Trinajstić information content (AvgIpc) is 3.47. The first-order valence-electron chi connectivity index (χ1n) is 20.3. The molecule has 58 heavy (non-hydrogen) atoms. The number of nitrogens with zero attached hydrogens (tertiary/aromatic N) is 2. The summed E-state index contributed by atoms with van der Waals surface area (Å²) >= 11 is 0. The lowest BCUT2D eigenvalue weighted by molar-refractivity contribution is -0.142. The summed E-state index contributed by atoms with van der Waals surface area (Å²) in [5.74, 6) is -1.78. The van der Waals surface area contributed by atoms with Crippen molar-refractivity contribution in [1.82, 2.24) is 25.9 Å². The van der Waals surface area contributed by atoms with E-state index in [2.05, 4.69) is 16.1 Å². The first-order chi connectivity index (χ1) is 27.8. The quantitative estimate of drug-likeness (QED) is 0.238. The second-order valence-corrected chi connectivity index (χ2v) is 16.8. The second-order valence-electron chi connectivity index (χ2n) is 16.8. The number of ether oxygens (including phenoxy) is 2. The zero-order valence-corrected chi connectivity index (χ0v) is 33.3. The van der Waals surface area contributed by atoms with Crippen LogP contribution < -0.4 is 21.0 Å². The molecule has 7 rings (SSSR count). The molecule has 0 radical (unpaired) electrons. The highest BCUT2D eigenvalue weighted by Crippen LogP contribution is 2.48. The summed E-state index contributed by atoms with van der Waals surface area (Å²) in [6, 6.07) is 19.7. The van der Waals surface area contributed by atoms with Crippen molar-refractivity contribution in [1.29, 1.82) is 0 Å². The molecule has 13 nitrogen and oxygen atoms in total. The van der Waals surface area contributed by atoms with Crippen molar-refractivity contribution in [3.05, 3.63) is 89.7 Å². The van der Waals surface area contributed by atoms with E-state index < -0.39 is 65.1 Å². The number of nitrogens with one attached hydrogen (secondary N) is 3. The lowest BCUT2D eigenvalue weighted by Crippen LogP contribution is -2.58. The smallest absolute Gasteiger partial charge is 0.410 e. The SMILES string of the molecule is CC(C)(C)OC(=O)N[C@H]1CCCCCCC[C@H]2C[C@@]2(C(=O)NOc2ccc(-c3ccccc3)cc2)NC(=O)[C@@H]2C[C@@H](OC(=O)N3Cc4cccc(F)c4C3)CN2C1=O. The fourth-order valence-corrected chi connectivity index (χ4v) is 8.29. The number of halogens is 1. The molecule has 0 aromatic heterocycles. The second kappa shape index (κ2) is 17.1. The summed E-state index contributed by atoms with van der Waals surface area (Å²) in [7, 11) is 0. The lowest BCUT2D eigenvalue weighted by atomic mass is 10.0. The predicted octanol–water partition coefficient (Wildman–Crippen LogP) is 6.54. The van der Waals surface area contributed by atoms with Crippen molar-refractivity contribution in [3.63, 3.8) is 0 Å². The zero-order chi connectivity index (χ0) is 41.0. The molecule has 3 aromatic carbocycles. The molecule has 3 fully saturated rings. The topological polar surface area (TPSA) is 156 Å². The minimum Gasteiger partial charge on any atom is -0.444 e. The molecule has 14 heteroatoms. The Kier molecular flexibility index (Phi) is 11.9. The van der Waals surface area contributed by atoms with Crippen LogP contribution in [0.1, 0.15) is 89.7 Å². The van der Waals surface area contributed by atoms with Gasteiger partial charge in [-0.3, -0.25) is 19.3 Å². The summed E-state index contributed by atoms with van der Waals surface area (Å²) in [5.41, 5.74) is 3.59. The summed E-state index contributed by atoms with van der Waals surface area (Å²) in [5, 5.41) is 5.73. The van der Waals surface area contributed by atoms with Crippen LogP contribution >= 0.6 is 0 Å². The molecule has 0 unspecified atom stereocenters. The summed E-state index contributed by atoms with van der Waals surface area (Å²) in [4.78, 5) is 77.8. The largest absolute Gasteiger partial charge is 0.444 e. The fourth-order valence-electron chi connectivity index (χ4n) is 8.29. The van der Waals surface area contributed by atoms with E-state index in [1.807, 2.05) is 42.5 Å². The van der Waals surface area contributed by atoms with Crippen LogP contribution in [0, 0.1) is 11.7 Å². The van der Waals surface area contributed by atoms with Gasteiger partial charge in [0.15, 0.2) is 5.75 Å². The van der Waals surface area contributed by atoms with Gasteiger partial charge >= 0.3 is 12.2 Å². The number of amides is 5. The van der Waals surface area contributed by atoms with Gasteiger partial charge in [0.05, 0.1) is 13.1 Å². The molecular weight excluding hydrogens is 746 g/mol. The third-order valence-electron chi connectivity index (χ3n) is 11.4. The Labute approximate surface area is 337 Å². The standard InChI is InChI=1S/C44H52FN5O8/c1-43(2,3)57-41(54)46-36-18-11-6-4-5-10-16-31-24-44(31,40(53)48-58-32-21-19-29(20-22-32)28-13-8-7-9-14-28)47-38(51)37-23-33(26-50(37)39(36)52)56-42(55)49-25-30-15-12-17-35(45)34(30)27-49/h7-9,12-15,17,19-22,31,33,36-37H,4-6,10-11,16,18,23-27H2,1-3H3,(H,46,54)(H,47,51)(H,48,53)/t31-,33+,36-,37-,44+/m0/s1. The normalized spacial score (nSPS) is 24.8. The average molecular weight is 798 g/mol. The number of alkyl carbamates (subject to hydrolysis) is 1. The Bertz CT molecular complexity index is 2010. The van der Waals surface area contributed by atoms with Crippen molar-refractivity contribution >= 4 is 29.9 Å². The van der Waals surface area contributed by atoms with Gasteiger partial charge in [-0.25, -0.2) is 14.0 Å². The van der Waals surface area contributed by atoms with Gasteiger partial charge in [-0.1, -0.05) is 86.7 Å². The lowest BCUT2D eigenvalue weighted by Gasteiger charge is -2.30. The van der Waals surface area contributed by atoms with Crippen molar-refractivity contribution in [2.24, 2.45) is 5.92 Å². The van der Waals surface area contributed by atoms with Gasteiger partial charge in [0, 0.05) is 18.5 Å². The molecule has 5 atom stereocenters. The van der Waals surface area contributed by atoms with Crippen LogP contribution in [-0.4, -0.2) is 75.6 Å². The molecule has 3 aromatic rings. The molecule has 1 saturated carbocycles. The van der Waals surface area contributed by atoms with Crippen molar-refractivity contribution in [2.45, 2.75) is 121 Å². The van der Waals surface area contributed by atoms with Gasteiger partial charge < -0.3 is 29.8 Å². The number of carbonyl (C=O) groups excluding carboxylic acids is 5. The van der Waals surface area contributed by atoms with Crippen LogP contribution in [0.2, 0.25) is 0 Å². The number of hydrogen-bond acceptors (Lipinski definition) is 8. The van der Waals surface area contributed by atoms with Crippen molar-refractivity contribution < 1.29 is 42.7 Å². The first-order valence-corrected chi connectivity index (χ1v) is 20.3. The molecule has 0 spiro atoms. The van der Waals surface area contributed by atoms with Gasteiger partial charge in [-0.2, -0.15) is 5.48 Å². The maximum Gasteiger partial charge on any atom is 0.410 e. The van der Waals surface area contributed by atoms with E-state index in [0.29, 0.717) is 42.6 Å². The number of carbonyl (C=O) groups is 5. The molecule has 0 bridgehead atoms. The summed E-state index contributed by atoms with van der Waals surface area (Å²) in [6.07, 6.45) is 3.07. The van der Waals surface area contributed by atoms with Crippen molar-refractivity contribution in [2.75, 3.05) is 6.54 Å². The van der Waals surface area contributed by atoms with Crippen LogP contribution in [0.3, 0.4) is 0 Å². The monoisotopic (exact) mass is 797 g/mol. The highest BCUT2D eigenvalue weighted by atomic mass is 19.1. The number of fused-ring (bicyclic) bond motifs is 3. The predicted molar refractivity (Wildman–Crippen MR) is 211 cm³/mol. The molecule has 3 N–H and O–H groups in total.